The molecule has 3 rings (SSSR count). The Balaban J connectivity index is 1.59. The van der Waals surface area contributed by atoms with E-state index in [-0.39, 0.29) is 30.5 Å². The zero-order chi connectivity index (χ0) is 21.7. The van der Waals surface area contributed by atoms with E-state index < -0.39 is 11.9 Å². The van der Waals surface area contributed by atoms with Gasteiger partial charge in [0.2, 0.25) is 11.7 Å². The first-order valence-corrected chi connectivity index (χ1v) is 10.1. The van der Waals surface area contributed by atoms with Crippen molar-refractivity contribution < 1.29 is 23.8 Å². The van der Waals surface area contributed by atoms with Crippen molar-refractivity contribution in [1.29, 1.82) is 0 Å². The lowest BCUT2D eigenvalue weighted by Gasteiger charge is -2.21. The summed E-state index contributed by atoms with van der Waals surface area (Å²) >= 11 is 0. The second-order valence-corrected chi connectivity index (χ2v) is 7.58. The van der Waals surface area contributed by atoms with Crippen LogP contribution in [0.15, 0.2) is 36.5 Å². The number of amides is 1. The minimum atomic E-state index is -0.702. The van der Waals surface area contributed by atoms with Crippen LogP contribution in [-0.4, -0.2) is 47.9 Å². The summed E-state index contributed by atoms with van der Waals surface area (Å²) in [4.78, 5) is 17.0. The number of hydrogen-bond acceptors (Lipinski definition) is 6. The predicted molar refractivity (Wildman–Crippen MR) is 111 cm³/mol. The van der Waals surface area contributed by atoms with Crippen LogP contribution >= 0.6 is 0 Å². The number of carbonyl (C=O) groups excluding carboxylic acids is 1. The van der Waals surface area contributed by atoms with E-state index in [2.05, 4.69) is 10.3 Å². The summed E-state index contributed by atoms with van der Waals surface area (Å²) in [5.41, 5.74) is 1.41. The standard InChI is InChI=1S/C22H28FN3O4/c1-14(27)13-29-22-21(23)20(8-10-24-22)26-11-9-19(12-26)30-18-6-4-17(5-7-18)15(2)25-16(3)28/h4-8,10,14-15,19,27H,9,11-13H2,1-3H3,(H,25,28)/t14?,15?,19-/m1/s1. The van der Waals surface area contributed by atoms with E-state index in [1.807, 2.05) is 36.1 Å². The molecule has 0 aliphatic carbocycles. The Morgan fingerprint density at radius 2 is 2.07 bits per heavy atom. The quantitative estimate of drug-likeness (QED) is 0.687. The highest BCUT2D eigenvalue weighted by atomic mass is 19.1. The highest BCUT2D eigenvalue weighted by Crippen LogP contribution is 2.29. The van der Waals surface area contributed by atoms with Gasteiger partial charge in [0.25, 0.3) is 5.88 Å². The third-order valence-corrected chi connectivity index (χ3v) is 4.89. The lowest BCUT2D eigenvalue weighted by molar-refractivity contribution is -0.119. The number of nitrogens with one attached hydrogen (secondary N) is 1. The minimum Gasteiger partial charge on any atom is -0.489 e. The van der Waals surface area contributed by atoms with Crippen molar-refractivity contribution in [3.05, 3.63) is 47.9 Å². The largest absolute Gasteiger partial charge is 0.489 e. The van der Waals surface area contributed by atoms with E-state index in [0.717, 1.165) is 17.7 Å². The average Bonchev–Trinajstić information content (AvgIpc) is 3.15. The number of halogens is 1. The van der Waals surface area contributed by atoms with Crippen molar-refractivity contribution in [1.82, 2.24) is 10.3 Å². The molecule has 0 radical (unpaired) electrons. The van der Waals surface area contributed by atoms with E-state index in [4.69, 9.17) is 9.47 Å². The van der Waals surface area contributed by atoms with Crippen LogP contribution in [0.1, 0.15) is 38.8 Å². The Morgan fingerprint density at radius 3 is 2.73 bits per heavy atom. The second kappa shape index (κ2) is 9.75. The van der Waals surface area contributed by atoms with Gasteiger partial charge in [-0.25, -0.2) is 4.98 Å². The maximum atomic E-state index is 14.8. The van der Waals surface area contributed by atoms with E-state index in [9.17, 15) is 14.3 Å². The first kappa shape index (κ1) is 21.8. The fraction of sp³-hybridized carbons (Fsp3) is 0.455. The van der Waals surface area contributed by atoms with Gasteiger partial charge >= 0.3 is 0 Å². The van der Waals surface area contributed by atoms with Gasteiger partial charge in [-0.05, 0) is 37.6 Å². The van der Waals surface area contributed by atoms with Gasteiger partial charge in [0.1, 0.15) is 18.5 Å². The van der Waals surface area contributed by atoms with Crippen molar-refractivity contribution >= 4 is 11.6 Å². The zero-order valence-electron chi connectivity index (χ0n) is 17.5. The Labute approximate surface area is 175 Å². The summed E-state index contributed by atoms with van der Waals surface area (Å²) in [6, 6.07) is 9.16. The van der Waals surface area contributed by atoms with E-state index in [1.165, 1.54) is 13.1 Å². The first-order valence-electron chi connectivity index (χ1n) is 10.1. The fourth-order valence-corrected chi connectivity index (χ4v) is 3.42. The molecule has 162 valence electrons. The van der Waals surface area contributed by atoms with Gasteiger partial charge in [-0.3, -0.25) is 4.79 Å². The number of benzene rings is 1. The lowest BCUT2D eigenvalue weighted by atomic mass is 10.1. The van der Waals surface area contributed by atoms with E-state index in [0.29, 0.717) is 18.8 Å². The van der Waals surface area contributed by atoms with Crippen LogP contribution in [0.5, 0.6) is 11.6 Å². The number of aliphatic hydroxyl groups is 1. The fourth-order valence-electron chi connectivity index (χ4n) is 3.42. The molecule has 2 heterocycles. The number of anilines is 1. The molecule has 0 bridgehead atoms. The molecule has 1 amide bonds. The molecule has 8 heteroatoms. The van der Waals surface area contributed by atoms with Crippen molar-refractivity contribution in [2.24, 2.45) is 0 Å². The summed E-state index contributed by atoms with van der Waals surface area (Å²) in [6.45, 7) is 6.16. The first-order chi connectivity index (χ1) is 14.3. The van der Waals surface area contributed by atoms with E-state index >= 15 is 0 Å². The van der Waals surface area contributed by atoms with Crippen LogP contribution in [0.4, 0.5) is 10.1 Å². The van der Waals surface area contributed by atoms with Gasteiger partial charge in [-0.2, -0.15) is 4.39 Å². The van der Waals surface area contributed by atoms with Crippen molar-refractivity contribution in [3.8, 4) is 11.6 Å². The molecule has 1 aliphatic heterocycles. The molecule has 3 atom stereocenters. The Morgan fingerprint density at radius 1 is 1.33 bits per heavy atom. The predicted octanol–water partition coefficient (Wildman–Crippen LogP) is 2.84. The number of nitrogens with zero attached hydrogens (tertiary/aromatic N) is 2. The molecule has 0 spiro atoms. The number of hydrogen-bond donors (Lipinski definition) is 2. The van der Waals surface area contributed by atoms with Gasteiger partial charge in [-0.15, -0.1) is 0 Å². The highest BCUT2D eigenvalue weighted by Gasteiger charge is 2.27. The number of aliphatic hydroxyl groups excluding tert-OH is 1. The normalized spacial score (nSPS) is 18.0. The second-order valence-electron chi connectivity index (χ2n) is 7.58. The van der Waals surface area contributed by atoms with Gasteiger partial charge in [0.15, 0.2) is 0 Å². The molecular weight excluding hydrogens is 389 g/mol. The summed E-state index contributed by atoms with van der Waals surface area (Å²) in [5, 5.41) is 12.2. The molecule has 0 saturated carbocycles. The number of ether oxygens (including phenoxy) is 2. The summed E-state index contributed by atoms with van der Waals surface area (Å²) in [7, 11) is 0. The molecule has 1 fully saturated rings. The van der Waals surface area contributed by atoms with Crippen molar-refractivity contribution in [2.75, 3.05) is 24.6 Å². The molecule has 1 aromatic heterocycles. The maximum Gasteiger partial charge on any atom is 0.252 e. The Bertz CT molecular complexity index is 860. The van der Waals surface area contributed by atoms with Gasteiger partial charge in [0.05, 0.1) is 24.4 Å². The van der Waals surface area contributed by atoms with E-state index in [1.54, 1.807) is 13.0 Å². The van der Waals surface area contributed by atoms with Gasteiger partial charge in [-0.1, -0.05) is 12.1 Å². The average molecular weight is 417 g/mol. The number of rotatable bonds is 8. The van der Waals surface area contributed by atoms with Crippen LogP contribution in [0.3, 0.4) is 0 Å². The third-order valence-electron chi connectivity index (χ3n) is 4.89. The smallest absolute Gasteiger partial charge is 0.252 e. The van der Waals surface area contributed by atoms with Crippen LogP contribution in [0.2, 0.25) is 0 Å². The SMILES string of the molecule is CC(=O)NC(C)c1ccc(O[C@@H]2CCN(c3ccnc(OCC(C)O)c3F)C2)cc1. The zero-order valence-corrected chi connectivity index (χ0v) is 17.5. The van der Waals surface area contributed by atoms with Crippen LogP contribution in [0.25, 0.3) is 0 Å². The monoisotopic (exact) mass is 417 g/mol. The summed E-state index contributed by atoms with van der Waals surface area (Å²) < 4.78 is 26.1. The van der Waals surface area contributed by atoms with Gasteiger partial charge in [0, 0.05) is 26.1 Å². The van der Waals surface area contributed by atoms with Gasteiger partial charge < -0.3 is 24.8 Å². The molecule has 1 saturated heterocycles. The summed E-state index contributed by atoms with van der Waals surface area (Å²) in [5.74, 6) is 0.0187. The lowest BCUT2D eigenvalue weighted by Crippen LogP contribution is -2.26. The number of carbonyl (C=O) groups is 1. The van der Waals surface area contributed by atoms with Crippen molar-refractivity contribution in [2.45, 2.75) is 45.4 Å². The molecule has 7 nitrogen and oxygen atoms in total. The molecule has 1 aromatic carbocycles. The molecule has 30 heavy (non-hydrogen) atoms. The summed E-state index contributed by atoms with van der Waals surface area (Å²) in [6.07, 6.45) is 1.49. The number of aromatic nitrogens is 1. The third kappa shape index (κ3) is 5.60. The molecule has 2 unspecified atom stereocenters. The number of pyridine rings is 1. The Kier molecular flexibility index (Phi) is 7.10. The molecular formula is C22H28FN3O4. The minimum absolute atomic E-state index is 0.0182. The maximum absolute atomic E-state index is 14.8. The topological polar surface area (TPSA) is 83.9 Å². The van der Waals surface area contributed by atoms with Crippen molar-refractivity contribution in [3.63, 3.8) is 0 Å². The molecule has 1 aliphatic rings. The van der Waals surface area contributed by atoms with Crippen LogP contribution < -0.4 is 19.7 Å². The Hall–Kier alpha value is -2.87. The molecule has 2 aromatic rings. The molecule has 2 N–H and O–H groups in total. The highest BCUT2D eigenvalue weighted by molar-refractivity contribution is 5.73. The van der Waals surface area contributed by atoms with Crippen LogP contribution in [0, 0.1) is 5.82 Å². The van der Waals surface area contributed by atoms with Crippen LogP contribution in [-0.2, 0) is 4.79 Å².